The average Bonchev–Trinajstić information content (AvgIpc) is 2.75. The van der Waals surface area contributed by atoms with Gasteiger partial charge in [-0.15, -0.1) is 0 Å². The summed E-state index contributed by atoms with van der Waals surface area (Å²) in [6, 6.07) is 14.6. The third kappa shape index (κ3) is 5.32. The highest BCUT2D eigenvalue weighted by Crippen LogP contribution is 2.43. The van der Waals surface area contributed by atoms with Crippen LogP contribution in [0.15, 0.2) is 54.1 Å². The molecule has 3 rings (SSSR count). The van der Waals surface area contributed by atoms with E-state index in [0.717, 1.165) is 45.9 Å². The van der Waals surface area contributed by atoms with E-state index in [1.54, 1.807) is 0 Å². The van der Waals surface area contributed by atoms with E-state index in [4.69, 9.17) is 14.6 Å². The van der Waals surface area contributed by atoms with Gasteiger partial charge in [-0.05, 0) is 38.3 Å². The molecule has 0 aliphatic heterocycles. The molecular formula is C26H32O4. The molecule has 0 spiro atoms. The minimum absolute atomic E-state index is 0.103. The predicted molar refractivity (Wildman–Crippen MR) is 124 cm³/mol. The first-order valence-electron chi connectivity index (χ1n) is 10.7. The lowest BCUT2D eigenvalue weighted by atomic mass is 9.97. The number of aliphatic hydroxyl groups is 2. The lowest BCUT2D eigenvalue weighted by Gasteiger charge is -2.18. The van der Waals surface area contributed by atoms with Gasteiger partial charge in [-0.2, -0.15) is 0 Å². The van der Waals surface area contributed by atoms with E-state index in [1.165, 1.54) is 11.1 Å². The summed E-state index contributed by atoms with van der Waals surface area (Å²) in [5.41, 5.74) is 2.58. The SMILES string of the molecule is CC(C)=CCCc1ccc2c(OCCCO)c3ccccc3c(OCCCO)c2c1. The van der Waals surface area contributed by atoms with Gasteiger partial charge in [0.25, 0.3) is 0 Å². The summed E-state index contributed by atoms with van der Waals surface area (Å²) < 4.78 is 12.3. The van der Waals surface area contributed by atoms with Gasteiger partial charge in [-0.3, -0.25) is 0 Å². The summed E-state index contributed by atoms with van der Waals surface area (Å²) in [6.45, 7) is 5.37. The fourth-order valence-corrected chi connectivity index (χ4v) is 3.62. The van der Waals surface area contributed by atoms with Crippen molar-refractivity contribution in [3.8, 4) is 11.5 Å². The van der Waals surface area contributed by atoms with Gasteiger partial charge in [0.15, 0.2) is 0 Å². The Morgan fingerprint density at radius 1 is 0.800 bits per heavy atom. The van der Waals surface area contributed by atoms with Crippen LogP contribution < -0.4 is 9.47 Å². The van der Waals surface area contributed by atoms with Gasteiger partial charge >= 0.3 is 0 Å². The molecule has 0 heterocycles. The zero-order chi connectivity index (χ0) is 21.3. The maximum Gasteiger partial charge on any atom is 0.135 e. The van der Waals surface area contributed by atoms with Crippen LogP contribution in [-0.4, -0.2) is 36.6 Å². The van der Waals surface area contributed by atoms with Crippen LogP contribution in [0.25, 0.3) is 21.5 Å². The minimum atomic E-state index is 0.103. The number of fused-ring (bicyclic) bond motifs is 2. The van der Waals surface area contributed by atoms with Crippen molar-refractivity contribution in [3.05, 3.63) is 59.7 Å². The lowest BCUT2D eigenvalue weighted by Crippen LogP contribution is -2.04. The molecule has 30 heavy (non-hydrogen) atoms. The number of aliphatic hydroxyl groups excluding tert-OH is 2. The average molecular weight is 409 g/mol. The van der Waals surface area contributed by atoms with E-state index in [-0.39, 0.29) is 13.2 Å². The molecule has 0 saturated heterocycles. The Morgan fingerprint density at radius 3 is 1.93 bits per heavy atom. The van der Waals surface area contributed by atoms with E-state index in [1.807, 2.05) is 18.2 Å². The molecule has 3 aromatic rings. The number of rotatable bonds is 11. The monoisotopic (exact) mass is 408 g/mol. The summed E-state index contributed by atoms with van der Waals surface area (Å²) in [5.74, 6) is 1.67. The number of allylic oxidation sites excluding steroid dienone is 2. The molecule has 0 fully saturated rings. The molecule has 3 aromatic carbocycles. The maximum atomic E-state index is 9.20. The number of aryl methyl sites for hydroxylation is 1. The molecule has 0 unspecified atom stereocenters. The van der Waals surface area contributed by atoms with Crippen molar-refractivity contribution in [2.24, 2.45) is 0 Å². The van der Waals surface area contributed by atoms with Crippen molar-refractivity contribution < 1.29 is 19.7 Å². The largest absolute Gasteiger partial charge is 0.492 e. The summed E-state index contributed by atoms with van der Waals surface area (Å²) in [7, 11) is 0. The first kappa shape index (κ1) is 22.1. The van der Waals surface area contributed by atoms with E-state index in [0.29, 0.717) is 26.1 Å². The molecule has 4 heteroatoms. The maximum absolute atomic E-state index is 9.20. The number of ether oxygens (including phenoxy) is 2. The highest BCUT2D eigenvalue weighted by atomic mass is 16.5. The van der Waals surface area contributed by atoms with Gasteiger partial charge < -0.3 is 19.7 Å². The molecule has 0 amide bonds. The number of hydrogen-bond acceptors (Lipinski definition) is 4. The van der Waals surface area contributed by atoms with Crippen LogP contribution in [0.4, 0.5) is 0 Å². The Balaban J connectivity index is 2.13. The Morgan fingerprint density at radius 2 is 1.37 bits per heavy atom. The Hall–Kier alpha value is -2.56. The second-order valence-corrected chi connectivity index (χ2v) is 7.76. The van der Waals surface area contributed by atoms with Crippen molar-refractivity contribution in [1.82, 2.24) is 0 Å². The number of hydrogen-bond donors (Lipinski definition) is 2. The van der Waals surface area contributed by atoms with Gasteiger partial charge in [-0.25, -0.2) is 0 Å². The van der Waals surface area contributed by atoms with Gasteiger partial charge in [0, 0.05) is 47.6 Å². The van der Waals surface area contributed by atoms with Crippen molar-refractivity contribution in [1.29, 1.82) is 0 Å². The van der Waals surface area contributed by atoms with Gasteiger partial charge in [0.2, 0.25) is 0 Å². The zero-order valence-corrected chi connectivity index (χ0v) is 18.0. The van der Waals surface area contributed by atoms with Crippen molar-refractivity contribution >= 4 is 21.5 Å². The highest BCUT2D eigenvalue weighted by molar-refractivity contribution is 6.11. The van der Waals surface area contributed by atoms with Gasteiger partial charge in [-0.1, -0.05) is 48.0 Å². The molecular weight excluding hydrogens is 376 g/mol. The second-order valence-electron chi connectivity index (χ2n) is 7.76. The fraction of sp³-hybridized carbons (Fsp3) is 0.385. The Bertz CT molecular complexity index is 1000. The first-order valence-corrected chi connectivity index (χ1v) is 10.7. The van der Waals surface area contributed by atoms with E-state index in [2.05, 4.69) is 44.2 Å². The quantitative estimate of drug-likeness (QED) is 0.253. The highest BCUT2D eigenvalue weighted by Gasteiger charge is 2.16. The molecule has 0 aromatic heterocycles. The molecule has 0 aliphatic carbocycles. The zero-order valence-electron chi connectivity index (χ0n) is 18.0. The molecule has 0 aliphatic rings. The van der Waals surface area contributed by atoms with Crippen LogP contribution in [0, 0.1) is 0 Å². The van der Waals surface area contributed by atoms with Crippen molar-refractivity contribution in [2.45, 2.75) is 39.5 Å². The standard InChI is InChI=1S/C26H32O4/c1-19(2)8-5-9-20-12-13-23-24(18-20)26(30-17-7-15-28)22-11-4-3-10-21(22)25(23)29-16-6-14-27/h3-4,8,10-13,18,27-28H,5-7,9,14-17H2,1-2H3. The Labute approximate surface area is 178 Å². The van der Waals surface area contributed by atoms with E-state index < -0.39 is 0 Å². The van der Waals surface area contributed by atoms with Gasteiger partial charge in [0.1, 0.15) is 11.5 Å². The van der Waals surface area contributed by atoms with Crippen LogP contribution in [0.3, 0.4) is 0 Å². The second kappa shape index (κ2) is 11.0. The van der Waals surface area contributed by atoms with E-state index in [9.17, 15) is 5.11 Å². The topological polar surface area (TPSA) is 58.9 Å². The third-order valence-corrected chi connectivity index (χ3v) is 5.07. The molecule has 4 nitrogen and oxygen atoms in total. The van der Waals surface area contributed by atoms with Crippen LogP contribution in [0.1, 0.15) is 38.7 Å². The van der Waals surface area contributed by atoms with Crippen LogP contribution in [0.5, 0.6) is 11.5 Å². The van der Waals surface area contributed by atoms with Gasteiger partial charge in [0.05, 0.1) is 13.2 Å². The van der Waals surface area contributed by atoms with E-state index >= 15 is 0 Å². The Kier molecular flexibility index (Phi) is 8.12. The summed E-state index contributed by atoms with van der Waals surface area (Å²) in [6.07, 6.45) is 5.40. The lowest BCUT2D eigenvalue weighted by molar-refractivity contribution is 0.234. The molecule has 2 N–H and O–H groups in total. The normalized spacial score (nSPS) is 11.1. The van der Waals surface area contributed by atoms with Crippen LogP contribution >= 0.6 is 0 Å². The molecule has 0 bridgehead atoms. The smallest absolute Gasteiger partial charge is 0.135 e. The predicted octanol–water partition coefficient (Wildman–Crippen LogP) is 5.41. The summed E-state index contributed by atoms with van der Waals surface area (Å²) in [5, 5.41) is 22.4. The molecule has 0 atom stereocenters. The third-order valence-electron chi connectivity index (χ3n) is 5.07. The number of benzene rings is 3. The van der Waals surface area contributed by atoms with Crippen molar-refractivity contribution in [3.63, 3.8) is 0 Å². The fourth-order valence-electron chi connectivity index (χ4n) is 3.62. The first-order chi connectivity index (χ1) is 14.7. The minimum Gasteiger partial charge on any atom is -0.492 e. The molecule has 0 saturated carbocycles. The van der Waals surface area contributed by atoms with Crippen LogP contribution in [-0.2, 0) is 6.42 Å². The molecule has 160 valence electrons. The summed E-state index contributed by atoms with van der Waals surface area (Å²) in [4.78, 5) is 0. The molecule has 0 radical (unpaired) electrons. The van der Waals surface area contributed by atoms with Crippen molar-refractivity contribution in [2.75, 3.05) is 26.4 Å². The summed E-state index contributed by atoms with van der Waals surface area (Å²) >= 11 is 0. The van der Waals surface area contributed by atoms with Crippen LogP contribution in [0.2, 0.25) is 0 Å².